The molecule has 0 aromatic heterocycles. The summed E-state index contributed by atoms with van der Waals surface area (Å²) in [6.07, 6.45) is 1.16. The lowest BCUT2D eigenvalue weighted by Crippen LogP contribution is -2.51. The molecule has 0 aliphatic rings. The highest BCUT2D eigenvalue weighted by Gasteiger charge is 2.28. The van der Waals surface area contributed by atoms with Crippen molar-refractivity contribution in [2.45, 2.75) is 45.7 Å². The quantitative estimate of drug-likeness (QED) is 0.704. The van der Waals surface area contributed by atoms with E-state index in [2.05, 4.69) is 19.2 Å². The molecular formula is C19H30N2O3. The van der Waals surface area contributed by atoms with Gasteiger partial charge in [-0.2, -0.15) is 0 Å². The van der Waals surface area contributed by atoms with Crippen molar-refractivity contribution in [2.24, 2.45) is 5.92 Å². The number of esters is 1. The summed E-state index contributed by atoms with van der Waals surface area (Å²) in [6, 6.07) is 8.70. The van der Waals surface area contributed by atoms with Gasteiger partial charge >= 0.3 is 5.97 Å². The molecule has 24 heavy (non-hydrogen) atoms. The standard InChI is InChI=1S/C19H30N2O3/c1-6-24-19(23)16(13-15-10-8-7-9-11-15)20-18(22)17(21(4)5)12-14(2)3/h7-11,14,16-17H,6,12-13H2,1-5H3,(H,20,22)/t16-,17+/m0/s1. The number of ether oxygens (including phenoxy) is 1. The molecule has 1 amide bonds. The van der Waals surface area contributed by atoms with Gasteiger partial charge in [-0.3, -0.25) is 9.69 Å². The van der Waals surface area contributed by atoms with E-state index in [1.54, 1.807) is 6.92 Å². The molecule has 5 nitrogen and oxygen atoms in total. The van der Waals surface area contributed by atoms with E-state index in [0.717, 1.165) is 12.0 Å². The lowest BCUT2D eigenvalue weighted by molar-refractivity contribution is -0.148. The van der Waals surface area contributed by atoms with Crippen LogP contribution in [0.15, 0.2) is 30.3 Å². The first-order chi connectivity index (χ1) is 11.3. The van der Waals surface area contributed by atoms with Crippen LogP contribution in [-0.2, 0) is 20.7 Å². The minimum atomic E-state index is -0.672. The van der Waals surface area contributed by atoms with Crippen LogP contribution in [-0.4, -0.2) is 49.6 Å². The number of hydrogen-bond donors (Lipinski definition) is 1. The van der Waals surface area contributed by atoms with E-state index in [0.29, 0.717) is 18.9 Å². The molecule has 1 aromatic rings. The zero-order valence-electron chi connectivity index (χ0n) is 15.4. The second-order valence-corrected chi connectivity index (χ2v) is 6.61. The summed E-state index contributed by atoms with van der Waals surface area (Å²) in [6.45, 7) is 6.22. The van der Waals surface area contributed by atoms with E-state index >= 15 is 0 Å². The van der Waals surface area contributed by atoms with Crippen LogP contribution in [0.5, 0.6) is 0 Å². The van der Waals surface area contributed by atoms with Crippen molar-refractivity contribution in [1.29, 1.82) is 0 Å². The van der Waals surface area contributed by atoms with Crippen molar-refractivity contribution in [3.05, 3.63) is 35.9 Å². The number of amides is 1. The van der Waals surface area contributed by atoms with Gasteiger partial charge in [0.15, 0.2) is 0 Å². The Balaban J connectivity index is 2.86. The number of nitrogens with one attached hydrogen (secondary N) is 1. The van der Waals surface area contributed by atoms with Gasteiger partial charge in [-0.15, -0.1) is 0 Å². The second-order valence-electron chi connectivity index (χ2n) is 6.61. The van der Waals surface area contributed by atoms with Crippen LogP contribution in [0.2, 0.25) is 0 Å². The summed E-state index contributed by atoms with van der Waals surface area (Å²) in [5, 5.41) is 2.88. The lowest BCUT2D eigenvalue weighted by Gasteiger charge is -2.27. The number of hydrogen-bond acceptors (Lipinski definition) is 4. The van der Waals surface area contributed by atoms with Gasteiger partial charge in [-0.05, 0) is 38.9 Å². The van der Waals surface area contributed by atoms with Gasteiger partial charge in [0.1, 0.15) is 6.04 Å². The molecule has 0 saturated heterocycles. The second kappa shape index (κ2) is 10.1. The van der Waals surface area contributed by atoms with Gasteiger partial charge in [-0.1, -0.05) is 44.2 Å². The highest BCUT2D eigenvalue weighted by molar-refractivity contribution is 5.87. The molecule has 1 aromatic carbocycles. The normalized spacial score (nSPS) is 13.6. The monoisotopic (exact) mass is 334 g/mol. The van der Waals surface area contributed by atoms with Crippen molar-refractivity contribution in [1.82, 2.24) is 10.2 Å². The average molecular weight is 334 g/mol. The fourth-order valence-electron chi connectivity index (χ4n) is 2.55. The van der Waals surface area contributed by atoms with Crippen LogP contribution < -0.4 is 5.32 Å². The van der Waals surface area contributed by atoms with E-state index in [4.69, 9.17) is 4.74 Å². The Bertz CT molecular complexity index is 515. The molecule has 0 spiro atoms. The summed E-state index contributed by atoms with van der Waals surface area (Å²) >= 11 is 0. The molecule has 1 N–H and O–H groups in total. The number of rotatable bonds is 9. The number of nitrogens with zero attached hydrogens (tertiary/aromatic N) is 1. The fourth-order valence-corrected chi connectivity index (χ4v) is 2.55. The van der Waals surface area contributed by atoms with E-state index in [9.17, 15) is 9.59 Å². The van der Waals surface area contributed by atoms with Crippen molar-refractivity contribution in [2.75, 3.05) is 20.7 Å². The van der Waals surface area contributed by atoms with Gasteiger partial charge in [0, 0.05) is 6.42 Å². The molecule has 0 radical (unpaired) electrons. The highest BCUT2D eigenvalue weighted by atomic mass is 16.5. The van der Waals surface area contributed by atoms with E-state index in [1.807, 2.05) is 49.3 Å². The molecule has 0 heterocycles. The molecule has 1 rings (SSSR count). The fraction of sp³-hybridized carbons (Fsp3) is 0.579. The van der Waals surface area contributed by atoms with E-state index < -0.39 is 12.0 Å². The first-order valence-corrected chi connectivity index (χ1v) is 8.52. The molecular weight excluding hydrogens is 304 g/mol. The van der Waals surface area contributed by atoms with Gasteiger partial charge in [0.2, 0.25) is 5.91 Å². The summed E-state index contributed by atoms with van der Waals surface area (Å²) < 4.78 is 5.13. The summed E-state index contributed by atoms with van der Waals surface area (Å²) in [4.78, 5) is 26.8. The van der Waals surface area contributed by atoms with Gasteiger partial charge in [0.05, 0.1) is 12.6 Å². The van der Waals surface area contributed by atoms with Crippen LogP contribution in [0.25, 0.3) is 0 Å². The molecule has 0 bridgehead atoms. The predicted molar refractivity (Wildman–Crippen MR) is 95.6 cm³/mol. The van der Waals surface area contributed by atoms with Crippen molar-refractivity contribution < 1.29 is 14.3 Å². The molecule has 0 unspecified atom stereocenters. The topological polar surface area (TPSA) is 58.6 Å². The summed E-state index contributed by atoms with van der Waals surface area (Å²) in [5.74, 6) is -0.141. The van der Waals surface area contributed by atoms with Crippen LogP contribution in [0.4, 0.5) is 0 Å². The third-order valence-corrected chi connectivity index (χ3v) is 3.79. The van der Waals surface area contributed by atoms with Gasteiger partial charge < -0.3 is 10.1 Å². The van der Waals surface area contributed by atoms with Crippen molar-refractivity contribution in [3.8, 4) is 0 Å². The Hall–Kier alpha value is -1.88. The Morgan fingerprint density at radius 3 is 2.29 bits per heavy atom. The van der Waals surface area contributed by atoms with Crippen LogP contribution in [0.1, 0.15) is 32.8 Å². The average Bonchev–Trinajstić information content (AvgIpc) is 2.52. The third-order valence-electron chi connectivity index (χ3n) is 3.79. The predicted octanol–water partition coefficient (Wildman–Crippen LogP) is 2.25. The number of carbonyl (C=O) groups is 2. The Kier molecular flexibility index (Phi) is 8.47. The minimum absolute atomic E-state index is 0.136. The largest absolute Gasteiger partial charge is 0.464 e. The molecule has 0 fully saturated rings. The van der Waals surface area contributed by atoms with Crippen molar-refractivity contribution >= 4 is 11.9 Å². The highest BCUT2D eigenvalue weighted by Crippen LogP contribution is 2.11. The Morgan fingerprint density at radius 1 is 1.17 bits per heavy atom. The zero-order valence-corrected chi connectivity index (χ0v) is 15.4. The summed E-state index contributed by atoms with van der Waals surface area (Å²) in [7, 11) is 3.76. The van der Waals surface area contributed by atoms with E-state index in [1.165, 1.54) is 0 Å². The number of carbonyl (C=O) groups excluding carboxylic acids is 2. The molecule has 2 atom stereocenters. The Morgan fingerprint density at radius 2 is 1.79 bits per heavy atom. The van der Waals surface area contributed by atoms with E-state index in [-0.39, 0.29) is 11.9 Å². The van der Waals surface area contributed by atoms with Gasteiger partial charge in [0.25, 0.3) is 0 Å². The molecule has 134 valence electrons. The SMILES string of the molecule is CCOC(=O)[C@H](Cc1ccccc1)NC(=O)[C@@H](CC(C)C)N(C)C. The molecule has 0 aliphatic heterocycles. The third kappa shape index (κ3) is 6.71. The van der Waals surface area contributed by atoms with Crippen LogP contribution in [0.3, 0.4) is 0 Å². The smallest absolute Gasteiger partial charge is 0.328 e. The molecule has 0 aliphatic carbocycles. The maximum absolute atomic E-state index is 12.7. The zero-order chi connectivity index (χ0) is 18.1. The van der Waals surface area contributed by atoms with Crippen LogP contribution in [0, 0.1) is 5.92 Å². The maximum atomic E-state index is 12.7. The number of benzene rings is 1. The van der Waals surface area contributed by atoms with Crippen LogP contribution >= 0.6 is 0 Å². The van der Waals surface area contributed by atoms with Crippen molar-refractivity contribution in [3.63, 3.8) is 0 Å². The molecule has 5 heteroatoms. The maximum Gasteiger partial charge on any atom is 0.328 e. The first kappa shape index (κ1) is 20.2. The lowest BCUT2D eigenvalue weighted by atomic mass is 10.0. The minimum Gasteiger partial charge on any atom is -0.464 e. The Labute approximate surface area is 145 Å². The molecule has 0 saturated carbocycles. The summed E-state index contributed by atoms with van der Waals surface area (Å²) in [5.41, 5.74) is 0.987. The first-order valence-electron chi connectivity index (χ1n) is 8.52. The number of likely N-dealkylation sites (N-methyl/N-ethyl adjacent to an activating group) is 1. The van der Waals surface area contributed by atoms with Gasteiger partial charge in [-0.25, -0.2) is 4.79 Å².